The number of aliphatic hydroxyl groups is 2. The number of benzene rings is 1. The van der Waals surface area contributed by atoms with Crippen LogP contribution < -0.4 is 5.32 Å². The minimum atomic E-state index is -4.95. The van der Waals surface area contributed by atoms with Gasteiger partial charge in [-0.15, -0.1) is 0 Å². The number of aliphatic hydroxyl groups excluding tert-OH is 1. The van der Waals surface area contributed by atoms with Gasteiger partial charge in [0.05, 0.1) is 35.7 Å². The monoisotopic (exact) mass is 427 g/mol. The second kappa shape index (κ2) is 7.70. The normalized spacial score (nSPS) is 22.1. The summed E-state index contributed by atoms with van der Waals surface area (Å²) < 4.78 is 57.2. The maximum atomic E-state index is 13.9. The third-order valence-corrected chi connectivity index (χ3v) is 5.65. The smallest absolute Gasteiger partial charge is 0.388 e. The number of rotatable bonds is 6. The second-order valence-electron chi connectivity index (χ2n) is 8.50. The van der Waals surface area contributed by atoms with E-state index in [4.69, 9.17) is 0 Å². The van der Waals surface area contributed by atoms with Crippen molar-refractivity contribution in [3.05, 3.63) is 48.6 Å². The molecule has 3 unspecified atom stereocenters. The summed E-state index contributed by atoms with van der Waals surface area (Å²) in [5, 5.41) is 23.6. The summed E-state index contributed by atoms with van der Waals surface area (Å²) in [4.78, 5) is 4.17. The first-order valence-corrected chi connectivity index (χ1v) is 9.51. The average molecular weight is 427 g/mol. The van der Waals surface area contributed by atoms with Gasteiger partial charge in [0.15, 0.2) is 5.60 Å². The molecule has 0 aliphatic heterocycles. The summed E-state index contributed by atoms with van der Waals surface area (Å²) in [6, 6.07) is 5.00. The lowest BCUT2D eigenvalue weighted by Crippen LogP contribution is -2.54. The Hall–Kier alpha value is -2.39. The van der Waals surface area contributed by atoms with Crippen molar-refractivity contribution < 1.29 is 27.8 Å². The molecule has 0 saturated heterocycles. The van der Waals surface area contributed by atoms with Crippen molar-refractivity contribution in [1.82, 2.24) is 9.55 Å². The summed E-state index contributed by atoms with van der Waals surface area (Å²) in [5.41, 5.74) is -2.75. The summed E-state index contributed by atoms with van der Waals surface area (Å²) in [5.74, 6) is -1.55. The van der Waals surface area contributed by atoms with Gasteiger partial charge in [-0.2, -0.15) is 13.2 Å². The van der Waals surface area contributed by atoms with Gasteiger partial charge in [-0.3, -0.25) is 0 Å². The number of nitrogens with zero attached hydrogens (tertiary/aromatic N) is 2. The molecule has 1 aliphatic rings. The van der Waals surface area contributed by atoms with E-state index in [0.717, 1.165) is 12.2 Å². The number of nitrogens with one attached hydrogen (secondary N) is 1. The van der Waals surface area contributed by atoms with Crippen LogP contribution in [0.2, 0.25) is 0 Å². The predicted molar refractivity (Wildman–Crippen MR) is 106 cm³/mol. The second-order valence-corrected chi connectivity index (χ2v) is 8.50. The molecule has 1 aromatic heterocycles. The Balaban J connectivity index is 1.87. The molecule has 1 aliphatic carbocycles. The Labute approximate surface area is 171 Å². The number of alkyl halides is 3. The molecule has 0 amide bonds. The van der Waals surface area contributed by atoms with Crippen LogP contribution in [0, 0.1) is 11.3 Å². The zero-order chi connectivity index (χ0) is 22.3. The van der Waals surface area contributed by atoms with Gasteiger partial charge in [0, 0.05) is 13.0 Å². The zero-order valence-electron chi connectivity index (χ0n) is 16.9. The fourth-order valence-electron chi connectivity index (χ4n) is 4.06. The first-order chi connectivity index (χ1) is 13.8. The maximum absolute atomic E-state index is 13.9. The highest BCUT2D eigenvalue weighted by Gasteiger charge is 2.57. The fraction of sp³-hybridized carbons (Fsp3) is 0.476. The van der Waals surface area contributed by atoms with Crippen molar-refractivity contribution in [2.75, 3.05) is 11.9 Å². The minimum absolute atomic E-state index is 0.402. The quantitative estimate of drug-likeness (QED) is 0.608. The molecule has 1 heterocycles. The number of para-hydroxylation sites is 1. The van der Waals surface area contributed by atoms with Crippen molar-refractivity contribution in [1.29, 1.82) is 0 Å². The Bertz CT molecular complexity index is 980. The van der Waals surface area contributed by atoms with Crippen LogP contribution >= 0.6 is 0 Å². The number of aryl methyl sites for hydroxylation is 1. The number of anilines is 1. The third-order valence-electron chi connectivity index (χ3n) is 5.65. The Morgan fingerprint density at radius 2 is 1.93 bits per heavy atom. The molecule has 0 bridgehead atoms. The summed E-state index contributed by atoms with van der Waals surface area (Å²) in [6.07, 6.45) is -1.90. The number of halogens is 4. The predicted octanol–water partition coefficient (Wildman–Crippen LogP) is 4.10. The molecule has 9 heteroatoms. The van der Waals surface area contributed by atoms with Crippen molar-refractivity contribution in [3.63, 3.8) is 0 Å². The van der Waals surface area contributed by atoms with E-state index < -0.39 is 48.0 Å². The molecule has 0 fully saturated rings. The first-order valence-electron chi connectivity index (χ1n) is 9.51. The minimum Gasteiger partial charge on any atom is -0.388 e. The zero-order valence-corrected chi connectivity index (χ0v) is 16.9. The molecular formula is C21H25F4N3O2. The number of fused-ring (bicyclic) bond motifs is 1. The lowest BCUT2D eigenvalue weighted by molar-refractivity contribution is -0.265. The van der Waals surface area contributed by atoms with Crippen LogP contribution in [0.5, 0.6) is 0 Å². The van der Waals surface area contributed by atoms with Crippen molar-refractivity contribution in [3.8, 4) is 0 Å². The Kier molecular flexibility index (Phi) is 5.72. The topological polar surface area (TPSA) is 70.3 Å². The number of allylic oxidation sites excluding steroid dienone is 2. The summed E-state index contributed by atoms with van der Waals surface area (Å²) in [7, 11) is 1.72. The molecule has 1 aromatic carbocycles. The van der Waals surface area contributed by atoms with E-state index in [-0.39, 0.29) is 0 Å². The third kappa shape index (κ3) is 4.22. The van der Waals surface area contributed by atoms with Crippen molar-refractivity contribution in [2.45, 2.75) is 38.1 Å². The number of hydrogen-bond acceptors (Lipinski definition) is 4. The van der Waals surface area contributed by atoms with Gasteiger partial charge in [0.2, 0.25) is 0 Å². The average Bonchev–Trinajstić information content (AvgIpc) is 3.02. The van der Waals surface area contributed by atoms with E-state index in [2.05, 4.69) is 10.3 Å². The lowest BCUT2D eigenvalue weighted by Gasteiger charge is -2.42. The largest absolute Gasteiger partial charge is 0.418 e. The van der Waals surface area contributed by atoms with Crippen LogP contribution in [0.15, 0.2) is 48.6 Å². The van der Waals surface area contributed by atoms with Crippen LogP contribution in [-0.2, 0) is 7.05 Å². The Morgan fingerprint density at radius 1 is 1.23 bits per heavy atom. The highest BCUT2D eigenvalue weighted by molar-refractivity contribution is 5.88. The molecule has 3 rings (SSSR count). The number of imidazole rings is 1. The summed E-state index contributed by atoms with van der Waals surface area (Å²) >= 11 is 0. The molecule has 0 spiro atoms. The highest BCUT2D eigenvalue weighted by Crippen LogP contribution is 2.45. The highest BCUT2D eigenvalue weighted by atomic mass is 19.4. The maximum Gasteiger partial charge on any atom is 0.418 e. The van der Waals surface area contributed by atoms with E-state index >= 15 is 0 Å². The van der Waals surface area contributed by atoms with Gasteiger partial charge in [0.25, 0.3) is 0 Å². The van der Waals surface area contributed by atoms with Gasteiger partial charge in [-0.1, -0.05) is 26.0 Å². The Morgan fingerprint density at radius 3 is 2.60 bits per heavy atom. The van der Waals surface area contributed by atoms with Crippen LogP contribution in [0.4, 0.5) is 23.2 Å². The molecule has 3 atom stereocenters. The van der Waals surface area contributed by atoms with Crippen molar-refractivity contribution in [2.24, 2.45) is 18.4 Å². The number of aromatic nitrogens is 2. The van der Waals surface area contributed by atoms with Crippen LogP contribution in [0.1, 0.15) is 20.3 Å². The molecule has 164 valence electrons. The molecule has 5 nitrogen and oxygen atoms in total. The SMILES string of the molecule is Cn1cnc2cccc(NCC(O)(CC(C)(C)C3C=C(F)C=CC3O)C(F)(F)F)c21. The van der Waals surface area contributed by atoms with E-state index in [9.17, 15) is 27.8 Å². The van der Waals surface area contributed by atoms with Crippen LogP contribution in [0.3, 0.4) is 0 Å². The van der Waals surface area contributed by atoms with Crippen LogP contribution in [0.25, 0.3) is 11.0 Å². The van der Waals surface area contributed by atoms with Gasteiger partial charge >= 0.3 is 6.18 Å². The van der Waals surface area contributed by atoms with E-state index in [1.165, 1.54) is 19.9 Å². The summed E-state index contributed by atoms with van der Waals surface area (Å²) in [6.45, 7) is 2.14. The van der Waals surface area contributed by atoms with Gasteiger partial charge in [-0.05, 0) is 36.1 Å². The van der Waals surface area contributed by atoms with E-state index in [1.54, 1.807) is 36.1 Å². The standard InChI is InChI=1S/C21H25F4N3O2/c1-19(2,14-9-13(22)7-8-17(14)29)10-20(30,21(23,24)25)11-26-15-5-4-6-16-18(15)28(3)12-27-16/h4-9,12,14,17,26,29-30H,10-11H2,1-3H3. The molecule has 30 heavy (non-hydrogen) atoms. The molecule has 0 radical (unpaired) electrons. The lowest BCUT2D eigenvalue weighted by atomic mass is 9.68. The molecular weight excluding hydrogens is 402 g/mol. The molecule has 0 saturated carbocycles. The van der Waals surface area contributed by atoms with E-state index in [1.807, 2.05) is 0 Å². The van der Waals surface area contributed by atoms with Gasteiger partial charge in [-0.25, -0.2) is 9.37 Å². The van der Waals surface area contributed by atoms with Crippen LogP contribution in [-0.4, -0.2) is 44.2 Å². The van der Waals surface area contributed by atoms with Crippen molar-refractivity contribution >= 4 is 16.7 Å². The number of hydrogen-bond donors (Lipinski definition) is 3. The first kappa shape index (κ1) is 22.3. The van der Waals surface area contributed by atoms with E-state index in [0.29, 0.717) is 16.7 Å². The van der Waals surface area contributed by atoms with Gasteiger partial charge < -0.3 is 20.1 Å². The molecule has 2 aromatic rings. The van der Waals surface area contributed by atoms with Gasteiger partial charge in [0.1, 0.15) is 5.83 Å². The molecule has 3 N–H and O–H groups in total. The fourth-order valence-corrected chi connectivity index (χ4v) is 4.06.